The highest BCUT2D eigenvalue weighted by Crippen LogP contribution is 2.06. The maximum absolute atomic E-state index is 12.0. The number of rotatable bonds is 5. The van der Waals surface area contributed by atoms with Crippen molar-refractivity contribution in [2.75, 3.05) is 7.11 Å². The normalized spacial score (nSPS) is 10.5. The summed E-state index contributed by atoms with van der Waals surface area (Å²) in [6.45, 7) is 0.856. The quantitative estimate of drug-likeness (QED) is 0.820. The van der Waals surface area contributed by atoms with Crippen LogP contribution in [0.2, 0.25) is 0 Å². The highest BCUT2D eigenvalue weighted by Gasteiger charge is 2.07. The van der Waals surface area contributed by atoms with Crippen molar-refractivity contribution in [3.63, 3.8) is 0 Å². The van der Waals surface area contributed by atoms with Crippen LogP contribution >= 0.6 is 12.2 Å². The summed E-state index contributed by atoms with van der Waals surface area (Å²) in [5, 5.41) is 9.51. The summed E-state index contributed by atoms with van der Waals surface area (Å²) < 4.78 is 7.27. The smallest absolute Gasteiger partial charge is 0.251 e. The summed E-state index contributed by atoms with van der Waals surface area (Å²) in [5.74, 6) is 0.530. The molecule has 1 heterocycles. The molecule has 106 valence electrons. The Hall–Kier alpha value is -1.99. The minimum atomic E-state index is -0.150. The molecule has 6 nitrogen and oxygen atoms in total. The second kappa shape index (κ2) is 6.44. The van der Waals surface area contributed by atoms with Crippen LogP contribution in [0.15, 0.2) is 24.3 Å². The Morgan fingerprint density at radius 3 is 2.70 bits per heavy atom. The third-order valence-corrected chi connectivity index (χ3v) is 3.27. The van der Waals surface area contributed by atoms with E-state index in [0.29, 0.717) is 29.3 Å². The number of carbonyl (C=O) groups excluding carboxylic acids is 1. The largest absolute Gasteiger partial charge is 0.380 e. The van der Waals surface area contributed by atoms with Gasteiger partial charge in [0.25, 0.3) is 5.91 Å². The molecule has 2 N–H and O–H groups in total. The maximum Gasteiger partial charge on any atom is 0.251 e. The van der Waals surface area contributed by atoms with Crippen LogP contribution in [-0.2, 0) is 24.9 Å². The van der Waals surface area contributed by atoms with Gasteiger partial charge in [0.15, 0.2) is 10.6 Å². The van der Waals surface area contributed by atoms with Crippen molar-refractivity contribution in [2.24, 2.45) is 7.05 Å². The highest BCUT2D eigenvalue weighted by atomic mass is 32.1. The number of methoxy groups -OCH3 is 1. The molecule has 0 radical (unpaired) electrons. The molecular weight excluding hydrogens is 276 g/mol. The van der Waals surface area contributed by atoms with E-state index in [9.17, 15) is 4.79 Å². The van der Waals surface area contributed by atoms with Crippen molar-refractivity contribution in [3.05, 3.63) is 46.0 Å². The Balaban J connectivity index is 1.98. The van der Waals surface area contributed by atoms with E-state index in [1.165, 1.54) is 0 Å². The van der Waals surface area contributed by atoms with Gasteiger partial charge in [0.1, 0.15) is 0 Å². The molecule has 2 rings (SSSR count). The van der Waals surface area contributed by atoms with Crippen LogP contribution in [0.25, 0.3) is 0 Å². The van der Waals surface area contributed by atoms with E-state index in [4.69, 9.17) is 17.0 Å². The molecule has 0 unspecified atom stereocenters. The summed E-state index contributed by atoms with van der Waals surface area (Å²) in [4.78, 5) is 12.0. The molecule has 0 fully saturated rings. The first kappa shape index (κ1) is 14.4. The van der Waals surface area contributed by atoms with Crippen LogP contribution in [0, 0.1) is 4.77 Å². The number of aromatic amines is 1. The van der Waals surface area contributed by atoms with Crippen LogP contribution in [-0.4, -0.2) is 27.8 Å². The summed E-state index contributed by atoms with van der Waals surface area (Å²) in [7, 11) is 3.44. The van der Waals surface area contributed by atoms with E-state index < -0.39 is 0 Å². The predicted molar refractivity (Wildman–Crippen MR) is 76.7 cm³/mol. The first-order chi connectivity index (χ1) is 9.61. The molecule has 0 saturated carbocycles. The number of hydrogen-bond donors (Lipinski definition) is 2. The minimum Gasteiger partial charge on any atom is -0.380 e. The van der Waals surface area contributed by atoms with Gasteiger partial charge in [-0.2, -0.15) is 5.10 Å². The van der Waals surface area contributed by atoms with Crippen molar-refractivity contribution in [1.29, 1.82) is 0 Å². The molecule has 1 aromatic heterocycles. The van der Waals surface area contributed by atoms with Gasteiger partial charge in [0, 0.05) is 19.7 Å². The number of amides is 1. The first-order valence-electron chi connectivity index (χ1n) is 6.08. The lowest BCUT2D eigenvalue weighted by Crippen LogP contribution is -2.24. The van der Waals surface area contributed by atoms with Crippen LogP contribution in [0.5, 0.6) is 0 Å². The van der Waals surface area contributed by atoms with Crippen molar-refractivity contribution >= 4 is 18.1 Å². The van der Waals surface area contributed by atoms with E-state index in [-0.39, 0.29) is 5.91 Å². The number of nitrogens with zero attached hydrogens (tertiary/aromatic N) is 2. The maximum atomic E-state index is 12.0. The van der Waals surface area contributed by atoms with E-state index in [2.05, 4.69) is 15.5 Å². The van der Waals surface area contributed by atoms with Crippen molar-refractivity contribution in [2.45, 2.75) is 13.2 Å². The third kappa shape index (κ3) is 3.31. The molecular formula is C13H16N4O2S. The lowest BCUT2D eigenvalue weighted by atomic mass is 10.1. The molecule has 0 aliphatic carbocycles. The van der Waals surface area contributed by atoms with Gasteiger partial charge in [0.2, 0.25) is 0 Å². The fourth-order valence-electron chi connectivity index (χ4n) is 1.72. The number of nitrogens with one attached hydrogen (secondary N) is 2. The van der Waals surface area contributed by atoms with E-state index in [1.54, 1.807) is 30.9 Å². The number of carbonyl (C=O) groups is 1. The van der Waals surface area contributed by atoms with Crippen molar-refractivity contribution in [3.8, 4) is 0 Å². The van der Waals surface area contributed by atoms with Crippen LogP contribution in [0.4, 0.5) is 0 Å². The van der Waals surface area contributed by atoms with Crippen LogP contribution in [0.1, 0.15) is 21.7 Å². The van der Waals surface area contributed by atoms with Crippen molar-refractivity contribution in [1.82, 2.24) is 20.1 Å². The molecule has 2 aromatic rings. The zero-order valence-electron chi connectivity index (χ0n) is 11.3. The lowest BCUT2D eigenvalue weighted by Gasteiger charge is -2.05. The predicted octanol–water partition coefficient (Wildman–Crippen LogP) is 1.55. The number of aromatic nitrogens is 3. The summed E-state index contributed by atoms with van der Waals surface area (Å²) in [6, 6.07) is 7.28. The number of hydrogen-bond acceptors (Lipinski definition) is 4. The first-order valence-corrected chi connectivity index (χ1v) is 6.49. The number of H-pyrrole nitrogens is 1. The SMILES string of the molecule is COCc1ccc(C(=O)NCc2n[nH]c(=S)n2C)cc1. The number of benzene rings is 1. The average molecular weight is 292 g/mol. The molecule has 0 aliphatic rings. The molecule has 0 aliphatic heterocycles. The minimum absolute atomic E-state index is 0.150. The second-order valence-corrected chi connectivity index (χ2v) is 4.70. The fourth-order valence-corrected chi connectivity index (χ4v) is 1.87. The van der Waals surface area contributed by atoms with E-state index in [1.807, 2.05) is 12.1 Å². The van der Waals surface area contributed by atoms with Gasteiger partial charge >= 0.3 is 0 Å². The zero-order valence-corrected chi connectivity index (χ0v) is 12.2. The standard InChI is InChI=1S/C13H16N4O2S/c1-17-11(15-16-13(17)20)7-14-12(18)10-5-3-9(4-6-10)8-19-2/h3-6H,7-8H2,1-2H3,(H,14,18)(H,16,20). The Bertz CT molecular complexity index is 645. The molecule has 0 spiro atoms. The average Bonchev–Trinajstić information content (AvgIpc) is 2.77. The van der Waals surface area contributed by atoms with Crippen LogP contribution in [0.3, 0.4) is 0 Å². The van der Waals surface area contributed by atoms with Gasteiger partial charge in [-0.05, 0) is 29.9 Å². The Morgan fingerprint density at radius 2 is 2.15 bits per heavy atom. The summed E-state index contributed by atoms with van der Waals surface area (Å²) in [5.41, 5.74) is 1.63. The lowest BCUT2D eigenvalue weighted by molar-refractivity contribution is 0.0949. The highest BCUT2D eigenvalue weighted by molar-refractivity contribution is 7.71. The molecule has 1 aromatic carbocycles. The molecule has 20 heavy (non-hydrogen) atoms. The topological polar surface area (TPSA) is 71.9 Å². The van der Waals surface area contributed by atoms with Gasteiger partial charge in [-0.1, -0.05) is 12.1 Å². The fraction of sp³-hybridized carbons (Fsp3) is 0.308. The molecule has 0 bridgehead atoms. The molecule has 0 saturated heterocycles. The van der Waals surface area contributed by atoms with E-state index in [0.717, 1.165) is 5.56 Å². The summed E-state index contributed by atoms with van der Waals surface area (Å²) in [6.07, 6.45) is 0. The van der Waals surface area contributed by atoms with Gasteiger partial charge in [-0.25, -0.2) is 0 Å². The van der Waals surface area contributed by atoms with Gasteiger partial charge in [0.05, 0.1) is 13.2 Å². The third-order valence-electron chi connectivity index (χ3n) is 2.91. The Morgan fingerprint density at radius 1 is 1.45 bits per heavy atom. The van der Waals surface area contributed by atoms with Gasteiger partial charge in [-0.3, -0.25) is 9.89 Å². The molecule has 7 heteroatoms. The zero-order chi connectivity index (χ0) is 14.5. The number of ether oxygens (including phenoxy) is 1. The van der Waals surface area contributed by atoms with Gasteiger partial charge < -0.3 is 14.6 Å². The Labute approximate surface area is 121 Å². The summed E-state index contributed by atoms with van der Waals surface area (Å²) >= 11 is 5.01. The second-order valence-electron chi connectivity index (χ2n) is 4.32. The van der Waals surface area contributed by atoms with E-state index >= 15 is 0 Å². The molecule has 1 amide bonds. The van der Waals surface area contributed by atoms with Gasteiger partial charge in [-0.15, -0.1) is 0 Å². The van der Waals surface area contributed by atoms with Crippen LogP contribution < -0.4 is 5.32 Å². The monoisotopic (exact) mass is 292 g/mol. The Kier molecular flexibility index (Phi) is 4.65. The molecule has 0 atom stereocenters. The van der Waals surface area contributed by atoms with Crippen molar-refractivity contribution < 1.29 is 9.53 Å².